The molecule has 4 aromatic rings. The largest absolute Gasteiger partial charge is 0.323 e. The minimum Gasteiger partial charge on any atom is -0.323 e. The fourth-order valence-electron chi connectivity index (χ4n) is 2.76. The van der Waals surface area contributed by atoms with E-state index in [9.17, 15) is 4.79 Å². The van der Waals surface area contributed by atoms with E-state index in [2.05, 4.69) is 15.4 Å². The van der Waals surface area contributed by atoms with Gasteiger partial charge in [-0.25, -0.2) is 4.98 Å². The van der Waals surface area contributed by atoms with Gasteiger partial charge in [-0.2, -0.15) is 5.10 Å². The number of rotatable bonds is 6. The molecule has 2 aromatic carbocycles. The number of hydrogen-bond donors (Lipinski definition) is 1. The van der Waals surface area contributed by atoms with Crippen molar-refractivity contribution in [2.24, 2.45) is 0 Å². The lowest BCUT2D eigenvalue weighted by atomic mass is 10.2. The van der Waals surface area contributed by atoms with Crippen molar-refractivity contribution in [1.29, 1.82) is 0 Å². The molecule has 0 atom stereocenters. The third-order valence-electron chi connectivity index (χ3n) is 4.02. The van der Waals surface area contributed by atoms with Gasteiger partial charge >= 0.3 is 0 Å². The first-order chi connectivity index (χ1) is 13.3. The summed E-state index contributed by atoms with van der Waals surface area (Å²) in [6.45, 7) is 0.670. The number of hydrogen-bond acceptors (Lipinski definition) is 4. The molecule has 0 aliphatic rings. The van der Waals surface area contributed by atoms with Crippen molar-refractivity contribution in [1.82, 2.24) is 14.8 Å². The van der Waals surface area contributed by atoms with E-state index < -0.39 is 0 Å². The van der Waals surface area contributed by atoms with Crippen LogP contribution in [0.25, 0.3) is 10.6 Å². The molecule has 0 aliphatic carbocycles. The Morgan fingerprint density at radius 2 is 1.78 bits per heavy atom. The number of nitrogens with one attached hydrogen (secondary N) is 1. The van der Waals surface area contributed by atoms with E-state index in [1.807, 2.05) is 72.2 Å². The van der Waals surface area contributed by atoms with Crippen molar-refractivity contribution in [3.8, 4) is 10.6 Å². The lowest BCUT2D eigenvalue weighted by molar-refractivity contribution is -0.115. The molecular weight excluding hydrogens is 356 g/mol. The molecule has 1 amide bonds. The molecule has 0 unspecified atom stereocenters. The Bertz CT molecular complexity index is 1020. The Morgan fingerprint density at radius 1 is 1.04 bits per heavy atom. The zero-order chi connectivity index (χ0) is 18.5. The highest BCUT2D eigenvalue weighted by Gasteiger charge is 2.10. The van der Waals surface area contributed by atoms with Crippen LogP contribution in [0.1, 0.15) is 11.3 Å². The maximum Gasteiger partial charge on any atom is 0.230 e. The van der Waals surface area contributed by atoms with Crippen LogP contribution in [0.2, 0.25) is 0 Å². The molecule has 0 saturated heterocycles. The summed E-state index contributed by atoms with van der Waals surface area (Å²) in [5, 5.41) is 10.0. The van der Waals surface area contributed by atoms with Crippen LogP contribution in [0, 0.1) is 0 Å². The Morgan fingerprint density at radius 3 is 2.56 bits per heavy atom. The monoisotopic (exact) mass is 374 g/mol. The molecule has 4 rings (SSSR count). The molecule has 1 N–H and O–H groups in total. The highest BCUT2D eigenvalue weighted by atomic mass is 32.1. The number of benzene rings is 2. The summed E-state index contributed by atoms with van der Waals surface area (Å²) in [6, 6.07) is 20.1. The fourth-order valence-corrected chi connectivity index (χ4v) is 3.58. The third-order valence-corrected chi connectivity index (χ3v) is 4.96. The van der Waals surface area contributed by atoms with Crippen LogP contribution in [-0.2, 0) is 17.8 Å². The molecule has 2 aromatic heterocycles. The zero-order valence-corrected chi connectivity index (χ0v) is 15.4. The number of thiazole rings is 1. The van der Waals surface area contributed by atoms with Crippen molar-refractivity contribution in [2.45, 2.75) is 13.0 Å². The smallest absolute Gasteiger partial charge is 0.230 e. The van der Waals surface area contributed by atoms with E-state index >= 15 is 0 Å². The number of carbonyl (C=O) groups excluding carboxylic acids is 1. The van der Waals surface area contributed by atoms with E-state index in [0.717, 1.165) is 21.8 Å². The van der Waals surface area contributed by atoms with E-state index in [4.69, 9.17) is 0 Å². The minimum atomic E-state index is -0.0980. The van der Waals surface area contributed by atoms with Crippen molar-refractivity contribution in [2.75, 3.05) is 5.32 Å². The highest BCUT2D eigenvalue weighted by molar-refractivity contribution is 7.13. The van der Waals surface area contributed by atoms with Crippen LogP contribution in [0.4, 0.5) is 5.69 Å². The van der Waals surface area contributed by atoms with Crippen molar-refractivity contribution in [3.05, 3.63) is 89.7 Å². The molecule has 6 heteroatoms. The summed E-state index contributed by atoms with van der Waals surface area (Å²) in [6.07, 6.45) is 3.74. The van der Waals surface area contributed by atoms with Gasteiger partial charge in [0.25, 0.3) is 0 Å². The number of aromatic nitrogens is 3. The van der Waals surface area contributed by atoms with E-state index in [0.29, 0.717) is 12.2 Å². The van der Waals surface area contributed by atoms with E-state index in [-0.39, 0.29) is 12.3 Å². The average molecular weight is 374 g/mol. The summed E-state index contributed by atoms with van der Waals surface area (Å²) >= 11 is 1.55. The molecule has 0 fully saturated rings. The van der Waals surface area contributed by atoms with Gasteiger partial charge in [0.1, 0.15) is 5.01 Å². The Labute approximate surface area is 161 Å². The Kier molecular flexibility index (Phi) is 5.07. The summed E-state index contributed by atoms with van der Waals surface area (Å²) in [4.78, 5) is 16.9. The summed E-state index contributed by atoms with van der Waals surface area (Å²) in [5.41, 5.74) is 3.69. The zero-order valence-electron chi connectivity index (χ0n) is 14.6. The van der Waals surface area contributed by atoms with Gasteiger partial charge in [-0.3, -0.25) is 9.48 Å². The standard InChI is InChI=1S/C21H18N4OS/c26-20(11-18-15-27-21(24-18)17-9-5-2-6-10-17)23-19-12-22-25(14-19)13-16-7-3-1-4-8-16/h1-10,12,14-15H,11,13H2,(H,23,26). The maximum atomic E-state index is 12.3. The third kappa shape index (κ3) is 4.48. The van der Waals surface area contributed by atoms with Crippen LogP contribution < -0.4 is 5.32 Å². The normalized spacial score (nSPS) is 10.7. The first-order valence-corrected chi connectivity index (χ1v) is 9.50. The lowest BCUT2D eigenvalue weighted by Gasteiger charge is -2.02. The molecule has 0 radical (unpaired) electrons. The molecule has 2 heterocycles. The average Bonchev–Trinajstić information content (AvgIpc) is 3.33. The minimum absolute atomic E-state index is 0.0980. The van der Waals surface area contributed by atoms with E-state index in [1.54, 1.807) is 22.2 Å². The van der Waals surface area contributed by atoms with Crippen LogP contribution in [0.5, 0.6) is 0 Å². The van der Waals surface area contributed by atoms with Crippen molar-refractivity contribution in [3.63, 3.8) is 0 Å². The molecule has 0 aliphatic heterocycles. The predicted molar refractivity (Wildman–Crippen MR) is 108 cm³/mol. The summed E-state index contributed by atoms with van der Waals surface area (Å²) in [5.74, 6) is -0.0980. The van der Waals surface area contributed by atoms with Gasteiger partial charge in [-0.1, -0.05) is 60.7 Å². The number of anilines is 1. The Balaban J connectivity index is 1.35. The van der Waals surface area contributed by atoms with Crippen LogP contribution in [0.15, 0.2) is 78.4 Å². The molecule has 0 saturated carbocycles. The first-order valence-electron chi connectivity index (χ1n) is 8.62. The van der Waals surface area contributed by atoms with Crippen LogP contribution >= 0.6 is 11.3 Å². The van der Waals surface area contributed by atoms with Gasteiger partial charge in [0.15, 0.2) is 0 Å². The summed E-state index contributed by atoms with van der Waals surface area (Å²) < 4.78 is 1.81. The molecule has 0 spiro atoms. The second kappa shape index (κ2) is 7.97. The van der Waals surface area contributed by atoms with Crippen molar-refractivity contribution >= 4 is 22.9 Å². The second-order valence-electron chi connectivity index (χ2n) is 6.15. The van der Waals surface area contributed by atoms with Gasteiger partial charge in [0, 0.05) is 17.1 Å². The van der Waals surface area contributed by atoms with Gasteiger partial charge in [0.2, 0.25) is 5.91 Å². The Hall–Kier alpha value is -3.25. The highest BCUT2D eigenvalue weighted by Crippen LogP contribution is 2.23. The van der Waals surface area contributed by atoms with Gasteiger partial charge in [-0.15, -0.1) is 11.3 Å². The first kappa shape index (κ1) is 17.2. The lowest BCUT2D eigenvalue weighted by Crippen LogP contribution is -2.14. The maximum absolute atomic E-state index is 12.3. The molecule has 0 bridgehead atoms. The quantitative estimate of drug-likeness (QED) is 0.549. The molecular formula is C21H18N4OS. The topological polar surface area (TPSA) is 59.8 Å². The molecule has 5 nitrogen and oxygen atoms in total. The van der Waals surface area contributed by atoms with E-state index in [1.165, 1.54) is 0 Å². The predicted octanol–water partition coefficient (Wildman–Crippen LogP) is 4.24. The van der Waals surface area contributed by atoms with Crippen LogP contribution in [-0.4, -0.2) is 20.7 Å². The number of amides is 1. The molecule has 27 heavy (non-hydrogen) atoms. The number of nitrogens with zero attached hydrogens (tertiary/aromatic N) is 3. The van der Waals surface area contributed by atoms with Gasteiger partial charge in [0.05, 0.1) is 30.5 Å². The fraction of sp³-hybridized carbons (Fsp3) is 0.0952. The second-order valence-corrected chi connectivity index (χ2v) is 7.01. The number of carbonyl (C=O) groups is 1. The summed E-state index contributed by atoms with van der Waals surface area (Å²) in [7, 11) is 0. The molecule has 134 valence electrons. The van der Waals surface area contributed by atoms with Crippen molar-refractivity contribution < 1.29 is 4.79 Å². The van der Waals surface area contributed by atoms with Crippen LogP contribution in [0.3, 0.4) is 0 Å². The SMILES string of the molecule is O=C(Cc1csc(-c2ccccc2)n1)Nc1cnn(Cc2ccccc2)c1. The van der Waals surface area contributed by atoms with Gasteiger partial charge in [-0.05, 0) is 5.56 Å². The van der Waals surface area contributed by atoms with Gasteiger partial charge < -0.3 is 5.32 Å².